The summed E-state index contributed by atoms with van der Waals surface area (Å²) in [5.74, 6) is -0.813. The Morgan fingerprint density at radius 2 is 2.39 bits per heavy atom. The molecule has 6 heteroatoms. The van der Waals surface area contributed by atoms with Gasteiger partial charge in [0.05, 0.1) is 5.69 Å². The lowest BCUT2D eigenvalue weighted by Crippen LogP contribution is -2.23. The van der Waals surface area contributed by atoms with Gasteiger partial charge in [0.15, 0.2) is 11.6 Å². The number of anilines is 1. The zero-order chi connectivity index (χ0) is 13.1. The van der Waals surface area contributed by atoms with E-state index < -0.39 is 5.97 Å². The molecule has 5 nitrogen and oxygen atoms in total. The summed E-state index contributed by atoms with van der Waals surface area (Å²) >= 11 is 0. The van der Waals surface area contributed by atoms with Gasteiger partial charge in [0.25, 0.3) is 0 Å². The minimum atomic E-state index is -0.806. The molecule has 1 aliphatic rings. The summed E-state index contributed by atoms with van der Waals surface area (Å²) in [6, 6.07) is 0. The van der Waals surface area contributed by atoms with Crippen LogP contribution in [0.1, 0.15) is 25.5 Å². The van der Waals surface area contributed by atoms with Gasteiger partial charge in [-0.1, -0.05) is 6.92 Å². The van der Waals surface area contributed by atoms with Crippen LogP contribution in [-0.2, 0) is 11.2 Å². The van der Waals surface area contributed by atoms with E-state index in [2.05, 4.69) is 9.97 Å². The highest BCUT2D eigenvalue weighted by molar-refractivity contribution is 5.67. The van der Waals surface area contributed by atoms with Crippen LogP contribution in [0.25, 0.3) is 0 Å². The molecule has 0 amide bonds. The minimum Gasteiger partial charge on any atom is -0.481 e. The SMILES string of the molecule is CCc1ncnc(N2CCC(CC(=O)O)C2)c1F. The van der Waals surface area contributed by atoms with Crippen LogP contribution in [0.5, 0.6) is 0 Å². The number of aryl methyl sites for hydroxylation is 1. The van der Waals surface area contributed by atoms with Gasteiger partial charge in [0.2, 0.25) is 0 Å². The van der Waals surface area contributed by atoms with Crippen LogP contribution in [0.15, 0.2) is 6.33 Å². The number of aliphatic carboxylic acids is 1. The Bertz CT molecular complexity index is 453. The molecule has 1 atom stereocenters. The maximum atomic E-state index is 14.0. The second kappa shape index (κ2) is 5.29. The predicted octanol–water partition coefficient (Wildman–Crippen LogP) is 1.48. The molecule has 1 saturated heterocycles. The Morgan fingerprint density at radius 1 is 1.61 bits per heavy atom. The van der Waals surface area contributed by atoms with Gasteiger partial charge in [0.1, 0.15) is 6.33 Å². The Labute approximate surface area is 105 Å². The summed E-state index contributed by atoms with van der Waals surface area (Å²) in [4.78, 5) is 20.3. The molecule has 1 N–H and O–H groups in total. The molecule has 0 saturated carbocycles. The van der Waals surface area contributed by atoms with Crippen LogP contribution in [0.3, 0.4) is 0 Å². The smallest absolute Gasteiger partial charge is 0.303 e. The van der Waals surface area contributed by atoms with Gasteiger partial charge < -0.3 is 10.0 Å². The number of halogens is 1. The Balaban J connectivity index is 2.12. The van der Waals surface area contributed by atoms with Gasteiger partial charge in [0, 0.05) is 19.5 Å². The summed E-state index contributed by atoms with van der Waals surface area (Å²) in [6.07, 6.45) is 2.77. The molecule has 0 aromatic carbocycles. The first-order chi connectivity index (χ1) is 8.61. The third-order valence-electron chi connectivity index (χ3n) is 3.23. The molecule has 0 bridgehead atoms. The van der Waals surface area contributed by atoms with E-state index in [0.29, 0.717) is 31.0 Å². The number of nitrogens with zero attached hydrogens (tertiary/aromatic N) is 3. The van der Waals surface area contributed by atoms with Crippen LogP contribution in [-0.4, -0.2) is 34.1 Å². The Morgan fingerprint density at radius 3 is 3.06 bits per heavy atom. The quantitative estimate of drug-likeness (QED) is 0.880. The Kier molecular flexibility index (Phi) is 3.74. The first-order valence-electron chi connectivity index (χ1n) is 6.08. The Hall–Kier alpha value is -1.72. The second-order valence-electron chi connectivity index (χ2n) is 4.51. The van der Waals surface area contributed by atoms with Crippen molar-refractivity contribution in [3.8, 4) is 0 Å². The minimum absolute atomic E-state index is 0.0712. The standard InChI is InChI=1S/C12H16FN3O2/c1-2-9-11(13)12(15-7-14-9)16-4-3-8(6-16)5-10(17)18/h7-8H,2-6H2,1H3,(H,17,18). The normalized spacial score (nSPS) is 19.2. The summed E-state index contributed by atoms with van der Waals surface area (Å²) in [7, 11) is 0. The maximum absolute atomic E-state index is 14.0. The first kappa shape index (κ1) is 12.7. The van der Waals surface area contributed by atoms with Crippen molar-refractivity contribution in [2.75, 3.05) is 18.0 Å². The molecule has 1 aromatic rings. The molecule has 98 valence electrons. The fourth-order valence-corrected chi connectivity index (χ4v) is 2.30. The molecule has 1 unspecified atom stereocenters. The van der Waals surface area contributed by atoms with Crippen molar-refractivity contribution in [1.82, 2.24) is 9.97 Å². The number of hydrogen-bond acceptors (Lipinski definition) is 4. The van der Waals surface area contributed by atoms with Crippen LogP contribution in [0, 0.1) is 11.7 Å². The number of rotatable bonds is 4. The van der Waals surface area contributed by atoms with E-state index in [-0.39, 0.29) is 18.2 Å². The van der Waals surface area contributed by atoms with Crippen molar-refractivity contribution < 1.29 is 14.3 Å². The summed E-state index contributed by atoms with van der Waals surface area (Å²) in [5.41, 5.74) is 0.404. The van der Waals surface area contributed by atoms with E-state index >= 15 is 0 Å². The van der Waals surface area contributed by atoms with Gasteiger partial charge in [-0.3, -0.25) is 4.79 Å². The van der Waals surface area contributed by atoms with Crippen LogP contribution < -0.4 is 4.90 Å². The van der Waals surface area contributed by atoms with Crippen molar-refractivity contribution in [2.24, 2.45) is 5.92 Å². The first-order valence-corrected chi connectivity index (χ1v) is 6.08. The van der Waals surface area contributed by atoms with E-state index in [9.17, 15) is 9.18 Å². The topological polar surface area (TPSA) is 66.3 Å². The number of carbonyl (C=O) groups is 1. The number of aromatic nitrogens is 2. The monoisotopic (exact) mass is 253 g/mol. The number of hydrogen-bond donors (Lipinski definition) is 1. The van der Waals surface area contributed by atoms with Gasteiger partial charge in [-0.15, -0.1) is 0 Å². The molecule has 0 radical (unpaired) electrons. The molecule has 0 spiro atoms. The summed E-state index contributed by atoms with van der Waals surface area (Å²) in [6.45, 7) is 3.03. The van der Waals surface area contributed by atoms with Crippen molar-refractivity contribution >= 4 is 11.8 Å². The second-order valence-corrected chi connectivity index (χ2v) is 4.51. The average molecular weight is 253 g/mol. The molecule has 18 heavy (non-hydrogen) atoms. The fourth-order valence-electron chi connectivity index (χ4n) is 2.30. The van der Waals surface area contributed by atoms with E-state index in [0.717, 1.165) is 6.42 Å². The predicted molar refractivity (Wildman–Crippen MR) is 63.9 cm³/mol. The zero-order valence-electron chi connectivity index (χ0n) is 10.3. The van der Waals surface area contributed by atoms with Crippen LogP contribution in [0.4, 0.5) is 10.2 Å². The molecule has 1 fully saturated rings. The number of carboxylic acid groups (broad SMARTS) is 1. The van der Waals surface area contributed by atoms with Gasteiger partial charge in [-0.05, 0) is 18.8 Å². The highest BCUT2D eigenvalue weighted by Crippen LogP contribution is 2.26. The van der Waals surface area contributed by atoms with Crippen LogP contribution in [0.2, 0.25) is 0 Å². The van der Waals surface area contributed by atoms with E-state index in [1.165, 1.54) is 6.33 Å². The van der Waals surface area contributed by atoms with Crippen molar-refractivity contribution in [3.05, 3.63) is 17.8 Å². The molecule has 1 aromatic heterocycles. The molecule has 2 heterocycles. The van der Waals surface area contributed by atoms with E-state index in [4.69, 9.17) is 5.11 Å². The van der Waals surface area contributed by atoms with Gasteiger partial charge >= 0.3 is 5.97 Å². The molecule has 0 aliphatic carbocycles. The fraction of sp³-hybridized carbons (Fsp3) is 0.583. The third-order valence-corrected chi connectivity index (χ3v) is 3.23. The van der Waals surface area contributed by atoms with Crippen molar-refractivity contribution in [3.63, 3.8) is 0 Å². The van der Waals surface area contributed by atoms with Crippen LogP contribution >= 0.6 is 0 Å². The number of carboxylic acids is 1. The lowest BCUT2D eigenvalue weighted by Gasteiger charge is -2.18. The lowest BCUT2D eigenvalue weighted by atomic mass is 10.1. The molecular weight excluding hydrogens is 237 g/mol. The van der Waals surface area contributed by atoms with Gasteiger partial charge in [-0.2, -0.15) is 0 Å². The van der Waals surface area contributed by atoms with Crippen molar-refractivity contribution in [1.29, 1.82) is 0 Å². The van der Waals surface area contributed by atoms with Crippen molar-refractivity contribution in [2.45, 2.75) is 26.2 Å². The zero-order valence-corrected chi connectivity index (χ0v) is 10.3. The maximum Gasteiger partial charge on any atom is 0.303 e. The van der Waals surface area contributed by atoms with Gasteiger partial charge in [-0.25, -0.2) is 14.4 Å². The lowest BCUT2D eigenvalue weighted by molar-refractivity contribution is -0.137. The summed E-state index contributed by atoms with van der Waals surface area (Å²) < 4.78 is 14.0. The molecule has 2 rings (SSSR count). The van der Waals surface area contributed by atoms with E-state index in [1.807, 2.05) is 11.8 Å². The summed E-state index contributed by atoms with van der Waals surface area (Å²) in [5, 5.41) is 8.75. The largest absolute Gasteiger partial charge is 0.481 e. The third kappa shape index (κ3) is 2.57. The molecule has 1 aliphatic heterocycles. The highest BCUT2D eigenvalue weighted by atomic mass is 19.1. The average Bonchev–Trinajstić information content (AvgIpc) is 2.76. The molecular formula is C12H16FN3O2. The highest BCUT2D eigenvalue weighted by Gasteiger charge is 2.27. The van der Waals surface area contributed by atoms with E-state index in [1.54, 1.807) is 0 Å².